The quantitative estimate of drug-likeness (QED) is 0.0499. The molecule has 5 heteroatoms. The van der Waals surface area contributed by atoms with Gasteiger partial charge in [-0.05, 0) is 12.8 Å². The highest BCUT2D eigenvalue weighted by Gasteiger charge is 2.23. The van der Waals surface area contributed by atoms with E-state index in [9.17, 15) is 20.1 Å². The molecule has 3 atom stereocenters. The molecule has 0 aromatic carbocycles. The maximum atomic E-state index is 12.4. The number of hydrogen-bond acceptors (Lipinski definition) is 4. The first-order valence-electron chi connectivity index (χ1n) is 20.8. The fourth-order valence-corrected chi connectivity index (χ4v) is 6.66. The molecular weight excluding hydrogens is 570 g/mol. The molecule has 0 saturated heterocycles. The summed E-state index contributed by atoms with van der Waals surface area (Å²) in [6.07, 6.45) is 40.9. The third kappa shape index (κ3) is 31.9. The predicted octanol–water partition coefficient (Wildman–Crippen LogP) is 11.5. The van der Waals surface area contributed by atoms with E-state index >= 15 is 0 Å². The minimum absolute atomic E-state index is 0.308. The van der Waals surface area contributed by atoms with Crippen molar-refractivity contribution in [3.8, 4) is 0 Å². The molecule has 46 heavy (non-hydrogen) atoms. The van der Waals surface area contributed by atoms with Gasteiger partial charge in [0.2, 0.25) is 5.91 Å². The van der Waals surface area contributed by atoms with Gasteiger partial charge in [0.05, 0.1) is 18.8 Å². The van der Waals surface area contributed by atoms with E-state index in [4.69, 9.17) is 0 Å². The molecule has 0 aliphatic carbocycles. The summed E-state index contributed by atoms with van der Waals surface area (Å²) in [5, 5.41) is 33.2. The van der Waals surface area contributed by atoms with Gasteiger partial charge in [-0.15, -0.1) is 0 Å². The second kappa shape index (κ2) is 37.2. The lowest BCUT2D eigenvalue weighted by Crippen LogP contribution is -2.49. The van der Waals surface area contributed by atoms with Gasteiger partial charge in [-0.1, -0.05) is 219 Å². The third-order valence-electron chi connectivity index (χ3n) is 9.98. The van der Waals surface area contributed by atoms with Crippen LogP contribution in [-0.4, -0.2) is 46.1 Å². The molecule has 0 heterocycles. The molecule has 0 radical (unpaired) electrons. The molecule has 0 rings (SSSR count). The number of amides is 1. The lowest BCUT2D eigenvalue weighted by Gasteiger charge is -2.23. The summed E-state index contributed by atoms with van der Waals surface area (Å²) < 4.78 is 0. The highest BCUT2D eigenvalue weighted by molar-refractivity contribution is 5.80. The summed E-state index contributed by atoms with van der Waals surface area (Å²) in [4.78, 5) is 12.4. The van der Waals surface area contributed by atoms with E-state index in [1.165, 1.54) is 173 Å². The van der Waals surface area contributed by atoms with Gasteiger partial charge < -0.3 is 20.6 Å². The number of carbonyl (C=O) groups is 1. The molecule has 0 bridgehead atoms. The van der Waals surface area contributed by atoms with Crippen LogP contribution in [0.15, 0.2) is 0 Å². The number of nitrogens with one attached hydrogen (secondary N) is 1. The minimum Gasteiger partial charge on any atom is -0.394 e. The maximum absolute atomic E-state index is 12.4. The average molecular weight is 654 g/mol. The second-order valence-corrected chi connectivity index (χ2v) is 14.6. The van der Waals surface area contributed by atoms with Gasteiger partial charge in [0.1, 0.15) is 6.10 Å². The monoisotopic (exact) mass is 654 g/mol. The summed E-state index contributed by atoms with van der Waals surface area (Å²) in [5.74, 6) is -0.467. The highest BCUT2D eigenvalue weighted by Crippen LogP contribution is 2.16. The van der Waals surface area contributed by atoms with Gasteiger partial charge in [-0.2, -0.15) is 0 Å². The Bertz CT molecular complexity index is 601. The van der Waals surface area contributed by atoms with Crippen LogP contribution < -0.4 is 5.32 Å². The first-order valence-corrected chi connectivity index (χ1v) is 20.8. The van der Waals surface area contributed by atoms with Gasteiger partial charge in [0, 0.05) is 0 Å². The van der Waals surface area contributed by atoms with Crippen LogP contribution in [0.3, 0.4) is 0 Å². The summed E-state index contributed by atoms with van der Waals surface area (Å²) in [6.45, 7) is 4.24. The van der Waals surface area contributed by atoms with Crippen molar-refractivity contribution in [2.45, 2.75) is 250 Å². The number of aliphatic hydroxyl groups is 3. The largest absolute Gasteiger partial charge is 0.394 e. The van der Waals surface area contributed by atoms with Crippen LogP contribution in [0.1, 0.15) is 232 Å². The molecule has 4 N–H and O–H groups in total. The van der Waals surface area contributed by atoms with Crippen LogP contribution in [0.4, 0.5) is 0 Å². The Balaban J connectivity index is 3.61. The summed E-state index contributed by atoms with van der Waals surface area (Å²) in [5.41, 5.74) is 0. The normalized spacial score (nSPS) is 13.6. The molecule has 0 aliphatic heterocycles. The number of carbonyl (C=O) groups excluding carboxylic acids is 1. The van der Waals surface area contributed by atoms with Crippen molar-refractivity contribution in [2.75, 3.05) is 6.61 Å². The molecule has 1 amide bonds. The Morgan fingerprint density at radius 2 is 0.696 bits per heavy atom. The van der Waals surface area contributed by atoms with Crippen LogP contribution in [0.5, 0.6) is 0 Å². The Hall–Kier alpha value is -0.650. The molecule has 0 aliphatic rings. The molecule has 0 aromatic rings. The van der Waals surface area contributed by atoms with E-state index in [2.05, 4.69) is 19.2 Å². The molecule has 3 unspecified atom stereocenters. The first kappa shape index (κ1) is 45.3. The number of rotatable bonds is 38. The van der Waals surface area contributed by atoms with Gasteiger partial charge >= 0.3 is 0 Å². The fourth-order valence-electron chi connectivity index (χ4n) is 6.66. The molecule has 0 fully saturated rings. The Kier molecular flexibility index (Phi) is 36.6. The standard InChI is InChI=1S/C41H83NO4/c1-3-5-7-9-11-13-15-17-19-20-22-23-25-27-29-31-33-35-39(44)38(37-43)42-41(46)40(45)36-34-32-30-28-26-24-21-18-16-14-12-10-8-6-4-2/h38-40,43-45H,3-37H2,1-2H3,(H,42,46). The predicted molar refractivity (Wildman–Crippen MR) is 199 cm³/mol. The molecule has 0 aromatic heterocycles. The second-order valence-electron chi connectivity index (χ2n) is 14.6. The average Bonchev–Trinajstić information content (AvgIpc) is 3.06. The van der Waals surface area contributed by atoms with E-state index in [0.29, 0.717) is 12.8 Å². The van der Waals surface area contributed by atoms with Crippen LogP contribution in [-0.2, 0) is 4.79 Å². The Morgan fingerprint density at radius 3 is 0.978 bits per heavy atom. The van der Waals surface area contributed by atoms with E-state index in [-0.39, 0.29) is 6.61 Å². The molecule has 0 spiro atoms. The number of hydrogen-bond donors (Lipinski definition) is 4. The van der Waals surface area contributed by atoms with E-state index < -0.39 is 24.2 Å². The minimum atomic E-state index is -1.07. The van der Waals surface area contributed by atoms with Gasteiger partial charge in [0.25, 0.3) is 0 Å². The van der Waals surface area contributed by atoms with Crippen molar-refractivity contribution in [2.24, 2.45) is 0 Å². The van der Waals surface area contributed by atoms with E-state index in [1.807, 2.05) is 0 Å². The van der Waals surface area contributed by atoms with Crippen LogP contribution in [0.2, 0.25) is 0 Å². The van der Waals surface area contributed by atoms with Crippen molar-refractivity contribution in [3.63, 3.8) is 0 Å². The van der Waals surface area contributed by atoms with Gasteiger partial charge in [-0.25, -0.2) is 0 Å². The van der Waals surface area contributed by atoms with E-state index in [0.717, 1.165) is 32.1 Å². The Labute approximate surface area is 287 Å². The molecular formula is C41H83NO4. The lowest BCUT2D eigenvalue weighted by atomic mass is 10.0. The zero-order chi connectivity index (χ0) is 33.8. The zero-order valence-corrected chi connectivity index (χ0v) is 31.2. The van der Waals surface area contributed by atoms with Gasteiger partial charge in [0.15, 0.2) is 0 Å². The van der Waals surface area contributed by atoms with Crippen LogP contribution in [0, 0.1) is 0 Å². The van der Waals surface area contributed by atoms with Crippen molar-refractivity contribution in [1.29, 1.82) is 0 Å². The summed E-state index contributed by atoms with van der Waals surface area (Å²) in [7, 11) is 0. The van der Waals surface area contributed by atoms with Crippen molar-refractivity contribution in [1.82, 2.24) is 5.32 Å². The summed E-state index contributed by atoms with van der Waals surface area (Å²) in [6, 6.07) is -0.704. The molecule has 0 saturated carbocycles. The molecule has 276 valence electrons. The Morgan fingerprint density at radius 1 is 0.435 bits per heavy atom. The molecule has 5 nitrogen and oxygen atoms in total. The lowest BCUT2D eigenvalue weighted by molar-refractivity contribution is -0.131. The SMILES string of the molecule is CCCCCCCCCCCCCCCCCCCC(O)C(CO)NC(=O)C(O)CCCCCCCCCCCCCCCCC. The van der Waals surface area contributed by atoms with Crippen LogP contribution >= 0.6 is 0 Å². The third-order valence-corrected chi connectivity index (χ3v) is 9.98. The van der Waals surface area contributed by atoms with Gasteiger partial charge in [-0.3, -0.25) is 4.79 Å². The first-order chi connectivity index (χ1) is 22.6. The van der Waals surface area contributed by atoms with Crippen molar-refractivity contribution >= 4 is 5.91 Å². The maximum Gasteiger partial charge on any atom is 0.249 e. The topological polar surface area (TPSA) is 89.8 Å². The van der Waals surface area contributed by atoms with Crippen molar-refractivity contribution < 1.29 is 20.1 Å². The van der Waals surface area contributed by atoms with Crippen molar-refractivity contribution in [3.05, 3.63) is 0 Å². The summed E-state index contributed by atoms with van der Waals surface area (Å²) >= 11 is 0. The van der Waals surface area contributed by atoms with E-state index in [1.54, 1.807) is 0 Å². The number of aliphatic hydroxyl groups excluding tert-OH is 3. The fraction of sp³-hybridized carbons (Fsp3) is 0.976. The smallest absolute Gasteiger partial charge is 0.249 e. The highest BCUT2D eigenvalue weighted by atomic mass is 16.3. The number of unbranched alkanes of at least 4 members (excludes halogenated alkanes) is 30. The zero-order valence-electron chi connectivity index (χ0n) is 31.2. The van der Waals surface area contributed by atoms with Crippen LogP contribution in [0.25, 0.3) is 0 Å².